The number of carbonyl (C=O) groups excluding carboxylic acids is 1. The van der Waals surface area contributed by atoms with Crippen LogP contribution in [0, 0.1) is 26.6 Å². The van der Waals surface area contributed by atoms with E-state index in [0.29, 0.717) is 29.0 Å². The Labute approximate surface area is 190 Å². The lowest BCUT2D eigenvalue weighted by Gasteiger charge is -2.10. The Kier molecular flexibility index (Phi) is 6.03. The molecule has 4 aromatic rings. The highest BCUT2D eigenvalue weighted by Crippen LogP contribution is 2.24. The van der Waals surface area contributed by atoms with E-state index in [9.17, 15) is 9.18 Å². The van der Waals surface area contributed by atoms with Crippen LogP contribution >= 0.6 is 0 Å². The fourth-order valence-electron chi connectivity index (χ4n) is 3.28. The first-order valence-corrected chi connectivity index (χ1v) is 10.1. The van der Waals surface area contributed by atoms with Crippen LogP contribution in [-0.4, -0.2) is 32.8 Å². The van der Waals surface area contributed by atoms with E-state index in [0.717, 1.165) is 17.5 Å². The zero-order valence-electron chi connectivity index (χ0n) is 18.6. The molecule has 0 saturated carbocycles. The Bertz CT molecular complexity index is 1320. The van der Waals surface area contributed by atoms with Crippen molar-refractivity contribution in [3.63, 3.8) is 0 Å². The van der Waals surface area contributed by atoms with Crippen LogP contribution in [0.5, 0.6) is 17.4 Å². The van der Waals surface area contributed by atoms with Gasteiger partial charge in [0.2, 0.25) is 5.88 Å². The third kappa shape index (κ3) is 4.98. The van der Waals surface area contributed by atoms with Crippen molar-refractivity contribution in [1.82, 2.24) is 19.7 Å². The molecule has 4 rings (SSSR count). The lowest BCUT2D eigenvalue weighted by Crippen LogP contribution is -2.12. The average molecular weight is 447 g/mol. The molecule has 0 unspecified atom stereocenters. The molecule has 1 amide bonds. The van der Waals surface area contributed by atoms with Gasteiger partial charge in [-0.3, -0.25) is 4.79 Å². The molecule has 0 aliphatic rings. The van der Waals surface area contributed by atoms with Crippen LogP contribution in [0.25, 0.3) is 5.82 Å². The number of halogens is 1. The van der Waals surface area contributed by atoms with Gasteiger partial charge in [0.1, 0.15) is 11.6 Å². The summed E-state index contributed by atoms with van der Waals surface area (Å²) in [5.41, 5.74) is 2.56. The number of nitrogens with zero attached hydrogens (tertiary/aromatic N) is 4. The Morgan fingerprint density at radius 2 is 1.76 bits per heavy atom. The molecule has 0 spiro atoms. The highest BCUT2D eigenvalue weighted by molar-refractivity contribution is 6.04. The first kappa shape index (κ1) is 21.9. The minimum Gasteiger partial charge on any atom is -0.494 e. The Morgan fingerprint density at radius 1 is 1.00 bits per heavy atom. The van der Waals surface area contributed by atoms with Crippen molar-refractivity contribution in [2.24, 2.45) is 0 Å². The molecule has 2 aromatic heterocycles. The van der Waals surface area contributed by atoms with Gasteiger partial charge < -0.3 is 14.8 Å². The van der Waals surface area contributed by atoms with Gasteiger partial charge in [-0.25, -0.2) is 14.1 Å². The molecule has 2 heterocycles. The number of aromatic nitrogens is 4. The number of hydrogen-bond donors (Lipinski definition) is 1. The normalized spacial score (nSPS) is 10.7. The van der Waals surface area contributed by atoms with Gasteiger partial charge in [0.25, 0.3) is 5.91 Å². The van der Waals surface area contributed by atoms with Gasteiger partial charge in [-0.05, 0) is 69.3 Å². The second-order valence-electron chi connectivity index (χ2n) is 7.38. The molecule has 0 fully saturated rings. The second-order valence-corrected chi connectivity index (χ2v) is 7.38. The van der Waals surface area contributed by atoms with Crippen molar-refractivity contribution in [2.45, 2.75) is 20.8 Å². The van der Waals surface area contributed by atoms with Gasteiger partial charge in [-0.1, -0.05) is 0 Å². The number of methoxy groups -OCH3 is 1. The molecule has 8 nitrogen and oxygen atoms in total. The molecule has 0 bridgehead atoms. The first-order valence-electron chi connectivity index (χ1n) is 10.1. The predicted molar refractivity (Wildman–Crippen MR) is 121 cm³/mol. The maximum absolute atomic E-state index is 13.9. The average Bonchev–Trinajstić information content (AvgIpc) is 3.12. The summed E-state index contributed by atoms with van der Waals surface area (Å²) in [6.45, 7) is 5.65. The van der Waals surface area contributed by atoms with Crippen molar-refractivity contribution in [3.05, 3.63) is 83.2 Å². The zero-order chi connectivity index (χ0) is 23.5. The van der Waals surface area contributed by atoms with E-state index in [1.807, 2.05) is 19.9 Å². The Balaban J connectivity index is 1.47. The van der Waals surface area contributed by atoms with E-state index in [2.05, 4.69) is 20.4 Å². The molecule has 2 aromatic carbocycles. The number of anilines is 1. The molecular formula is C24H22FN5O3. The molecular weight excluding hydrogens is 425 g/mol. The van der Waals surface area contributed by atoms with E-state index < -0.39 is 11.7 Å². The quantitative estimate of drug-likeness (QED) is 0.457. The molecule has 0 aliphatic heterocycles. The first-order chi connectivity index (χ1) is 15.8. The monoisotopic (exact) mass is 447 g/mol. The highest BCUT2D eigenvalue weighted by atomic mass is 19.1. The number of benzene rings is 2. The fourth-order valence-corrected chi connectivity index (χ4v) is 3.28. The van der Waals surface area contributed by atoms with E-state index in [1.54, 1.807) is 41.9 Å². The van der Waals surface area contributed by atoms with Crippen LogP contribution in [0.2, 0.25) is 0 Å². The lowest BCUT2D eigenvalue weighted by molar-refractivity contribution is 0.102. The topological polar surface area (TPSA) is 91.2 Å². The summed E-state index contributed by atoms with van der Waals surface area (Å²) in [7, 11) is 1.37. The molecule has 0 aliphatic carbocycles. The largest absolute Gasteiger partial charge is 0.494 e. The minimum absolute atomic E-state index is 0.0778. The molecule has 168 valence electrons. The van der Waals surface area contributed by atoms with Gasteiger partial charge in [-0.15, -0.1) is 0 Å². The molecule has 1 N–H and O–H groups in total. The lowest BCUT2D eigenvalue weighted by atomic mass is 10.2. The predicted octanol–water partition coefficient (Wildman–Crippen LogP) is 4.78. The third-order valence-electron chi connectivity index (χ3n) is 4.78. The number of nitrogens with one attached hydrogen (secondary N) is 1. The summed E-state index contributed by atoms with van der Waals surface area (Å²) >= 11 is 0. The zero-order valence-corrected chi connectivity index (χ0v) is 18.6. The van der Waals surface area contributed by atoms with Crippen molar-refractivity contribution < 1.29 is 18.7 Å². The maximum atomic E-state index is 13.9. The number of rotatable bonds is 6. The molecule has 9 heteroatoms. The van der Waals surface area contributed by atoms with Crippen LogP contribution in [0.1, 0.15) is 27.6 Å². The van der Waals surface area contributed by atoms with Crippen LogP contribution in [-0.2, 0) is 0 Å². The van der Waals surface area contributed by atoms with E-state index in [-0.39, 0.29) is 11.3 Å². The molecule has 33 heavy (non-hydrogen) atoms. The molecule has 0 radical (unpaired) electrons. The Hall–Kier alpha value is -4.27. The summed E-state index contributed by atoms with van der Waals surface area (Å²) in [5, 5.41) is 7.17. The number of ether oxygens (including phenoxy) is 2. The van der Waals surface area contributed by atoms with Gasteiger partial charge in [0.05, 0.1) is 12.8 Å². The molecule has 0 saturated heterocycles. The van der Waals surface area contributed by atoms with E-state index in [1.165, 1.54) is 19.2 Å². The van der Waals surface area contributed by atoms with Gasteiger partial charge in [-0.2, -0.15) is 10.1 Å². The standard InChI is InChI=1S/C24H22FN5O3/c1-14-11-15(2)30(29-14)22-13-23(27-16(3)26-22)33-19-8-6-18(7-9-19)28-24(31)17-5-10-21(32-4)20(25)12-17/h5-13H,1-4H3,(H,28,31). The van der Waals surface area contributed by atoms with Gasteiger partial charge in [0, 0.05) is 23.0 Å². The van der Waals surface area contributed by atoms with E-state index >= 15 is 0 Å². The van der Waals surface area contributed by atoms with Gasteiger partial charge in [0.15, 0.2) is 17.4 Å². The number of hydrogen-bond acceptors (Lipinski definition) is 6. The minimum atomic E-state index is -0.603. The number of aryl methyl sites for hydroxylation is 3. The number of carbonyl (C=O) groups is 1. The maximum Gasteiger partial charge on any atom is 0.255 e. The highest BCUT2D eigenvalue weighted by Gasteiger charge is 2.12. The SMILES string of the molecule is COc1ccc(C(=O)Nc2ccc(Oc3cc(-n4nc(C)cc4C)nc(C)n3)cc2)cc1F. The van der Waals surface area contributed by atoms with Crippen LogP contribution in [0.3, 0.4) is 0 Å². The molecule has 0 atom stereocenters. The number of amides is 1. The van der Waals surface area contributed by atoms with Gasteiger partial charge >= 0.3 is 0 Å². The van der Waals surface area contributed by atoms with Crippen molar-refractivity contribution in [1.29, 1.82) is 0 Å². The second kappa shape index (κ2) is 9.07. The van der Waals surface area contributed by atoms with Crippen LogP contribution < -0.4 is 14.8 Å². The van der Waals surface area contributed by atoms with Crippen molar-refractivity contribution >= 4 is 11.6 Å². The fraction of sp³-hybridized carbons (Fsp3) is 0.167. The summed E-state index contributed by atoms with van der Waals surface area (Å²) in [6.07, 6.45) is 0. The van der Waals surface area contributed by atoms with Crippen LogP contribution in [0.4, 0.5) is 10.1 Å². The van der Waals surface area contributed by atoms with Crippen molar-refractivity contribution in [3.8, 4) is 23.2 Å². The summed E-state index contributed by atoms with van der Waals surface area (Å²) < 4.78 is 26.4. The van der Waals surface area contributed by atoms with Crippen LogP contribution in [0.15, 0.2) is 54.6 Å². The summed E-state index contributed by atoms with van der Waals surface area (Å²) in [4.78, 5) is 21.2. The Morgan fingerprint density at radius 3 is 2.39 bits per heavy atom. The van der Waals surface area contributed by atoms with Crippen molar-refractivity contribution in [2.75, 3.05) is 12.4 Å². The smallest absolute Gasteiger partial charge is 0.255 e. The summed E-state index contributed by atoms with van der Waals surface area (Å²) in [6, 6.07) is 14.5. The van der Waals surface area contributed by atoms with E-state index in [4.69, 9.17) is 9.47 Å². The third-order valence-corrected chi connectivity index (χ3v) is 4.78. The summed E-state index contributed by atoms with van der Waals surface area (Å²) in [5.74, 6) is 1.09.